The van der Waals surface area contributed by atoms with Crippen LogP contribution in [0.1, 0.15) is 62.2 Å². The van der Waals surface area contributed by atoms with E-state index in [4.69, 9.17) is 0 Å². The molecule has 3 heteroatoms. The number of hydrogen-bond donors (Lipinski definition) is 0. The zero-order chi connectivity index (χ0) is 19.9. The van der Waals surface area contributed by atoms with Crippen LogP contribution in [0.4, 0.5) is 0 Å². The molecule has 0 spiro atoms. The van der Waals surface area contributed by atoms with Gasteiger partial charge in [0.15, 0.2) is 5.78 Å². The maximum atomic E-state index is 12.6. The van der Waals surface area contributed by atoms with Crippen molar-refractivity contribution < 1.29 is 9.59 Å². The number of ketones is 2. The molecule has 0 saturated carbocycles. The van der Waals surface area contributed by atoms with E-state index in [0.717, 1.165) is 54.9 Å². The summed E-state index contributed by atoms with van der Waals surface area (Å²) in [7, 11) is 0. The molecule has 0 saturated heterocycles. The summed E-state index contributed by atoms with van der Waals surface area (Å²) < 4.78 is 2.26. The first-order valence-electron chi connectivity index (χ1n) is 10.3. The van der Waals surface area contributed by atoms with Crippen molar-refractivity contribution in [2.24, 2.45) is 0 Å². The summed E-state index contributed by atoms with van der Waals surface area (Å²) in [4.78, 5) is 24.8. The smallest absolute Gasteiger partial charge is 0.170 e. The highest BCUT2D eigenvalue weighted by molar-refractivity contribution is 6.13. The number of carbonyl (C=O) groups is 2. The Hall–Kier alpha value is -2.68. The highest BCUT2D eigenvalue weighted by atomic mass is 16.1. The second kappa shape index (κ2) is 9.50. The number of Topliss-reactive ketones (excluding diaryl/α,β-unsaturated/α-hetero) is 2. The molecule has 0 N–H and O–H groups in total. The topological polar surface area (TPSA) is 39.1 Å². The molecule has 0 amide bonds. The Morgan fingerprint density at radius 1 is 0.964 bits per heavy atom. The summed E-state index contributed by atoms with van der Waals surface area (Å²) >= 11 is 0. The Morgan fingerprint density at radius 3 is 2.50 bits per heavy atom. The van der Waals surface area contributed by atoms with Crippen molar-refractivity contribution >= 4 is 33.4 Å². The molecule has 3 aromatic rings. The fraction of sp³-hybridized carbons (Fsp3) is 0.360. The van der Waals surface area contributed by atoms with E-state index in [-0.39, 0.29) is 18.0 Å². The van der Waals surface area contributed by atoms with Crippen molar-refractivity contribution in [3.05, 3.63) is 60.7 Å². The summed E-state index contributed by atoms with van der Waals surface area (Å²) in [6.07, 6.45) is 7.61. The van der Waals surface area contributed by atoms with Crippen molar-refractivity contribution in [2.75, 3.05) is 0 Å². The van der Waals surface area contributed by atoms with Crippen LogP contribution in [0, 0.1) is 0 Å². The quantitative estimate of drug-likeness (QED) is 0.166. The van der Waals surface area contributed by atoms with Crippen molar-refractivity contribution in [1.82, 2.24) is 4.57 Å². The minimum atomic E-state index is -0.0770. The molecule has 3 nitrogen and oxygen atoms in total. The number of aromatic nitrogens is 1. The highest BCUT2D eigenvalue weighted by Crippen LogP contribution is 2.30. The summed E-state index contributed by atoms with van der Waals surface area (Å²) in [6, 6.07) is 14.1. The molecular formula is C25H29NO2. The second-order valence-corrected chi connectivity index (χ2v) is 7.37. The average Bonchev–Trinajstić information content (AvgIpc) is 3.03. The van der Waals surface area contributed by atoms with Crippen LogP contribution in [-0.4, -0.2) is 16.1 Å². The molecule has 0 aliphatic carbocycles. The van der Waals surface area contributed by atoms with Crippen molar-refractivity contribution in [3.8, 4) is 0 Å². The van der Waals surface area contributed by atoms with Crippen LogP contribution >= 0.6 is 0 Å². The fourth-order valence-corrected chi connectivity index (χ4v) is 3.90. The van der Waals surface area contributed by atoms with Gasteiger partial charge in [0.05, 0.1) is 6.42 Å². The largest absolute Gasteiger partial charge is 0.341 e. The van der Waals surface area contributed by atoms with Gasteiger partial charge < -0.3 is 4.57 Å². The van der Waals surface area contributed by atoms with Gasteiger partial charge in [-0.2, -0.15) is 0 Å². The van der Waals surface area contributed by atoms with Crippen LogP contribution in [0.15, 0.2) is 55.1 Å². The number of allylic oxidation sites excluding steroid dienone is 1. The first kappa shape index (κ1) is 20.1. The Balaban J connectivity index is 1.68. The van der Waals surface area contributed by atoms with Gasteiger partial charge in [0.1, 0.15) is 5.78 Å². The molecule has 0 atom stereocenters. The number of carbonyl (C=O) groups excluding carboxylic acids is 2. The van der Waals surface area contributed by atoms with Gasteiger partial charge in [-0.25, -0.2) is 0 Å². The Labute approximate surface area is 167 Å². The number of unbranched alkanes of at least 4 members (excludes halogenated alkanes) is 4. The predicted molar refractivity (Wildman–Crippen MR) is 117 cm³/mol. The molecular weight excluding hydrogens is 346 g/mol. The van der Waals surface area contributed by atoms with Gasteiger partial charge in [0, 0.05) is 40.3 Å². The third-order valence-corrected chi connectivity index (χ3v) is 5.38. The zero-order valence-corrected chi connectivity index (χ0v) is 16.7. The molecule has 0 aliphatic rings. The number of aryl methyl sites for hydroxylation is 1. The Bertz CT molecular complexity index is 996. The molecule has 0 unspecified atom stereocenters. The maximum Gasteiger partial charge on any atom is 0.170 e. The first-order chi connectivity index (χ1) is 13.7. The zero-order valence-electron chi connectivity index (χ0n) is 16.7. The van der Waals surface area contributed by atoms with E-state index in [0.29, 0.717) is 12.0 Å². The van der Waals surface area contributed by atoms with Gasteiger partial charge in [0.2, 0.25) is 0 Å². The van der Waals surface area contributed by atoms with Gasteiger partial charge in [-0.15, -0.1) is 6.58 Å². The minimum absolute atomic E-state index is 0.00455. The Morgan fingerprint density at radius 2 is 1.71 bits per heavy atom. The normalized spacial score (nSPS) is 11.2. The van der Waals surface area contributed by atoms with Crippen LogP contribution in [-0.2, 0) is 11.3 Å². The Kier molecular flexibility index (Phi) is 6.80. The van der Waals surface area contributed by atoms with Crippen LogP contribution in [0.2, 0.25) is 0 Å². The lowest BCUT2D eigenvalue weighted by Crippen LogP contribution is -2.08. The molecule has 2 aromatic carbocycles. The van der Waals surface area contributed by atoms with Crippen molar-refractivity contribution in [3.63, 3.8) is 0 Å². The van der Waals surface area contributed by atoms with Gasteiger partial charge in [0.25, 0.3) is 0 Å². The van der Waals surface area contributed by atoms with Gasteiger partial charge in [-0.1, -0.05) is 37.1 Å². The SMILES string of the molecule is C=CCCCCCCC(=O)CC(=O)c1ccc2c(c1)c1ccccc1n2CC. The number of rotatable bonds is 11. The average molecular weight is 376 g/mol. The summed E-state index contributed by atoms with van der Waals surface area (Å²) in [5, 5.41) is 2.23. The lowest BCUT2D eigenvalue weighted by molar-refractivity contribution is -0.118. The van der Waals surface area contributed by atoms with Crippen molar-refractivity contribution in [2.45, 2.75) is 58.4 Å². The van der Waals surface area contributed by atoms with E-state index >= 15 is 0 Å². The molecule has 28 heavy (non-hydrogen) atoms. The monoisotopic (exact) mass is 375 g/mol. The van der Waals surface area contributed by atoms with E-state index in [1.807, 2.05) is 36.4 Å². The number of para-hydroxylation sites is 1. The molecule has 0 fully saturated rings. The molecule has 0 aliphatic heterocycles. The van der Waals surface area contributed by atoms with Crippen LogP contribution in [0.5, 0.6) is 0 Å². The highest BCUT2D eigenvalue weighted by Gasteiger charge is 2.15. The third kappa shape index (κ3) is 4.41. The molecule has 1 aromatic heterocycles. The van der Waals surface area contributed by atoms with Gasteiger partial charge >= 0.3 is 0 Å². The number of hydrogen-bond acceptors (Lipinski definition) is 2. The second-order valence-electron chi connectivity index (χ2n) is 7.37. The number of nitrogens with zero attached hydrogens (tertiary/aromatic N) is 1. The predicted octanol–water partition coefficient (Wildman–Crippen LogP) is 6.48. The molecule has 1 heterocycles. The van der Waals surface area contributed by atoms with Gasteiger partial charge in [-0.05, 0) is 50.5 Å². The van der Waals surface area contributed by atoms with E-state index < -0.39 is 0 Å². The van der Waals surface area contributed by atoms with E-state index in [9.17, 15) is 9.59 Å². The third-order valence-electron chi connectivity index (χ3n) is 5.38. The van der Waals surface area contributed by atoms with E-state index in [1.54, 1.807) is 0 Å². The van der Waals surface area contributed by atoms with Crippen LogP contribution in [0.25, 0.3) is 21.8 Å². The van der Waals surface area contributed by atoms with Crippen LogP contribution in [0.3, 0.4) is 0 Å². The number of fused-ring (bicyclic) bond motifs is 3. The molecule has 0 bridgehead atoms. The van der Waals surface area contributed by atoms with Crippen molar-refractivity contribution in [1.29, 1.82) is 0 Å². The fourth-order valence-electron chi connectivity index (χ4n) is 3.90. The van der Waals surface area contributed by atoms with E-state index in [1.165, 1.54) is 5.52 Å². The summed E-state index contributed by atoms with van der Waals surface area (Å²) in [5.41, 5.74) is 2.94. The van der Waals surface area contributed by atoms with Crippen LogP contribution < -0.4 is 0 Å². The number of benzene rings is 2. The molecule has 3 rings (SSSR count). The minimum Gasteiger partial charge on any atom is -0.341 e. The maximum absolute atomic E-state index is 12.6. The summed E-state index contributed by atoms with van der Waals surface area (Å²) in [6.45, 7) is 6.72. The standard InChI is InChI=1S/C25H29NO2/c1-3-5-6-7-8-9-12-20(27)18-25(28)19-15-16-24-22(17-19)21-13-10-11-14-23(21)26(24)4-2/h3,10-11,13-17H,1,4-9,12,18H2,2H3. The van der Waals surface area contributed by atoms with E-state index in [2.05, 4.69) is 30.2 Å². The van der Waals surface area contributed by atoms with Gasteiger partial charge in [-0.3, -0.25) is 9.59 Å². The molecule has 146 valence electrons. The first-order valence-corrected chi connectivity index (χ1v) is 10.3. The lowest BCUT2D eigenvalue weighted by Gasteiger charge is -2.04. The lowest BCUT2D eigenvalue weighted by atomic mass is 10.0. The molecule has 0 radical (unpaired) electrons. The summed E-state index contributed by atoms with van der Waals surface area (Å²) in [5.74, 6) is -0.0308.